The van der Waals surface area contributed by atoms with Crippen molar-refractivity contribution in [3.05, 3.63) is 12.2 Å². The van der Waals surface area contributed by atoms with E-state index in [1.54, 1.807) is 0 Å². The van der Waals surface area contributed by atoms with Crippen LogP contribution in [-0.2, 0) is 0 Å². The van der Waals surface area contributed by atoms with Crippen molar-refractivity contribution < 1.29 is 13.2 Å². The Kier molecular flexibility index (Phi) is 3.46. The Bertz CT molecular complexity index is 67.3. The van der Waals surface area contributed by atoms with Crippen molar-refractivity contribution in [2.45, 2.75) is 6.42 Å². The van der Waals surface area contributed by atoms with E-state index < -0.39 is 18.9 Å². The summed E-state index contributed by atoms with van der Waals surface area (Å²) in [5.41, 5.74) is 0. The molecule has 0 radical (unpaired) electrons. The quantitative estimate of drug-likeness (QED) is 0.510. The van der Waals surface area contributed by atoms with Crippen LogP contribution in [0.15, 0.2) is 12.2 Å². The van der Waals surface area contributed by atoms with Crippen LogP contribution in [0.4, 0.5) is 13.2 Å². The van der Waals surface area contributed by atoms with E-state index in [9.17, 15) is 13.2 Å². The molecule has 0 saturated heterocycles. The van der Waals surface area contributed by atoms with E-state index in [0.29, 0.717) is 0 Å². The van der Waals surface area contributed by atoms with Crippen LogP contribution in [0.1, 0.15) is 6.42 Å². The molecule has 0 nitrogen and oxygen atoms in total. The van der Waals surface area contributed by atoms with Crippen LogP contribution in [0.5, 0.6) is 0 Å². The van der Waals surface area contributed by atoms with Crippen LogP contribution in [-0.4, -0.2) is 6.67 Å². The van der Waals surface area contributed by atoms with Gasteiger partial charge in [-0.25, -0.2) is 8.78 Å². The minimum atomic E-state index is -1.04. The Labute approximate surface area is 39.6 Å². The van der Waals surface area contributed by atoms with E-state index in [-0.39, 0.29) is 6.33 Å². The number of halogens is 3. The maximum Gasteiger partial charge on any atom is 0.131 e. The van der Waals surface area contributed by atoms with Gasteiger partial charge in [-0.1, -0.05) is 0 Å². The lowest BCUT2D eigenvalue weighted by Crippen LogP contribution is -1.73. The second kappa shape index (κ2) is 3.71. The molecular formula is C4H5F3. The second-order valence-corrected chi connectivity index (χ2v) is 0.995. The highest BCUT2D eigenvalue weighted by Gasteiger charge is 1.90. The predicted molar refractivity (Wildman–Crippen MR) is 20.9 cm³/mol. The largest absolute Gasteiger partial charge is 0.251 e. The summed E-state index contributed by atoms with van der Waals surface area (Å²) in [7, 11) is 0. The number of allylic oxidation sites excluding steroid dienone is 1. The van der Waals surface area contributed by atoms with Crippen LogP contribution in [0.25, 0.3) is 0 Å². The van der Waals surface area contributed by atoms with E-state index in [2.05, 4.69) is 0 Å². The lowest BCUT2D eigenvalue weighted by Gasteiger charge is -1.82. The summed E-state index contributed by atoms with van der Waals surface area (Å²) >= 11 is 0. The van der Waals surface area contributed by atoms with Crippen molar-refractivity contribution in [3.8, 4) is 0 Å². The van der Waals surface area contributed by atoms with Crippen molar-refractivity contribution in [2.24, 2.45) is 0 Å². The Balaban J connectivity index is 3.17. The molecule has 0 aromatic carbocycles. The molecule has 7 heavy (non-hydrogen) atoms. The third-order valence-corrected chi connectivity index (χ3v) is 0.452. The number of hydrogen-bond donors (Lipinski definition) is 0. The zero-order valence-electron chi connectivity index (χ0n) is 3.63. The molecule has 0 bridgehead atoms. The van der Waals surface area contributed by atoms with Gasteiger partial charge in [-0.05, 0) is 0 Å². The molecule has 0 fully saturated rings. The number of hydrogen-bond acceptors (Lipinski definition) is 0. The highest BCUT2D eigenvalue weighted by atomic mass is 19.2. The molecule has 0 aliphatic heterocycles. The lowest BCUT2D eigenvalue weighted by molar-refractivity contribution is 0.446. The van der Waals surface area contributed by atoms with Gasteiger partial charge in [-0.15, -0.1) is 0 Å². The fraction of sp³-hybridized carbons (Fsp3) is 0.500. The van der Waals surface area contributed by atoms with Gasteiger partial charge in [-0.3, -0.25) is 4.39 Å². The number of rotatable bonds is 2. The molecule has 0 unspecified atom stereocenters. The molecule has 0 aliphatic rings. The zero-order chi connectivity index (χ0) is 5.70. The van der Waals surface area contributed by atoms with E-state index >= 15 is 0 Å². The van der Waals surface area contributed by atoms with Gasteiger partial charge < -0.3 is 0 Å². The Hall–Kier alpha value is -0.470. The average molecular weight is 110 g/mol. The van der Waals surface area contributed by atoms with Crippen molar-refractivity contribution in [1.29, 1.82) is 0 Å². The lowest BCUT2D eigenvalue weighted by atomic mass is 10.4. The molecule has 0 N–H and O–H groups in total. The third-order valence-electron chi connectivity index (χ3n) is 0.452. The standard InChI is InChI=1S/C4H5F3/c5-2-1-4(7)3-6/h3H,1-2H2/b4-3-. The second-order valence-electron chi connectivity index (χ2n) is 0.995. The summed E-state index contributed by atoms with van der Waals surface area (Å²) in [6.07, 6.45) is -0.684. The molecule has 0 aromatic rings. The molecule has 42 valence electrons. The molecule has 0 aromatic heterocycles. The van der Waals surface area contributed by atoms with Crippen molar-refractivity contribution >= 4 is 0 Å². The maximum atomic E-state index is 11.4. The molecule has 3 heteroatoms. The summed E-state index contributed by atoms with van der Waals surface area (Å²) in [5.74, 6) is -1.04. The first-order valence-corrected chi connectivity index (χ1v) is 1.82. The molecule has 0 rings (SSSR count). The smallest absolute Gasteiger partial charge is 0.131 e. The molecule has 0 saturated carbocycles. The van der Waals surface area contributed by atoms with Crippen LogP contribution < -0.4 is 0 Å². The predicted octanol–water partition coefficient (Wildman–Crippen LogP) is 2.13. The van der Waals surface area contributed by atoms with Crippen LogP contribution in [0.2, 0.25) is 0 Å². The highest BCUT2D eigenvalue weighted by molar-refractivity contribution is 4.83. The molecule has 0 atom stereocenters. The van der Waals surface area contributed by atoms with Gasteiger partial charge in [0, 0.05) is 6.42 Å². The van der Waals surface area contributed by atoms with Gasteiger partial charge in [0.1, 0.15) is 12.2 Å². The Morgan fingerprint density at radius 2 is 2.14 bits per heavy atom. The summed E-state index contributed by atoms with van der Waals surface area (Å²) in [6.45, 7) is -0.841. The normalized spacial score (nSPS) is 12.1. The molecule has 0 aliphatic carbocycles. The summed E-state index contributed by atoms with van der Waals surface area (Å²) in [5, 5.41) is 0. The van der Waals surface area contributed by atoms with E-state index in [1.165, 1.54) is 0 Å². The minimum Gasteiger partial charge on any atom is -0.251 e. The van der Waals surface area contributed by atoms with Gasteiger partial charge in [0.15, 0.2) is 0 Å². The average Bonchev–Trinajstić information content (AvgIpc) is 1.68. The summed E-state index contributed by atoms with van der Waals surface area (Å²) in [6, 6.07) is 0. The first-order valence-electron chi connectivity index (χ1n) is 1.82. The summed E-state index contributed by atoms with van der Waals surface area (Å²) < 4.78 is 33.2. The molecular weight excluding hydrogens is 105 g/mol. The van der Waals surface area contributed by atoms with Gasteiger partial charge in [0.25, 0.3) is 0 Å². The SMILES string of the molecule is F/C=C(\F)CCF. The Morgan fingerprint density at radius 1 is 1.57 bits per heavy atom. The molecule has 0 amide bonds. The Morgan fingerprint density at radius 3 is 2.29 bits per heavy atom. The van der Waals surface area contributed by atoms with E-state index in [1.807, 2.05) is 0 Å². The number of alkyl halides is 1. The van der Waals surface area contributed by atoms with E-state index in [4.69, 9.17) is 0 Å². The van der Waals surface area contributed by atoms with Crippen LogP contribution in [0.3, 0.4) is 0 Å². The maximum absolute atomic E-state index is 11.4. The van der Waals surface area contributed by atoms with Crippen LogP contribution in [0, 0.1) is 0 Å². The minimum absolute atomic E-state index is 0.237. The first-order chi connectivity index (χ1) is 3.31. The molecule has 0 heterocycles. The third kappa shape index (κ3) is 3.36. The fourth-order valence-corrected chi connectivity index (χ4v) is 0.145. The van der Waals surface area contributed by atoms with Gasteiger partial charge in [-0.2, -0.15) is 0 Å². The first kappa shape index (κ1) is 6.53. The molecule has 0 spiro atoms. The zero-order valence-corrected chi connectivity index (χ0v) is 3.63. The fourth-order valence-electron chi connectivity index (χ4n) is 0.145. The van der Waals surface area contributed by atoms with Gasteiger partial charge in [0.2, 0.25) is 0 Å². The van der Waals surface area contributed by atoms with Gasteiger partial charge >= 0.3 is 0 Å². The monoisotopic (exact) mass is 110 g/mol. The summed E-state index contributed by atoms with van der Waals surface area (Å²) in [4.78, 5) is 0. The van der Waals surface area contributed by atoms with Crippen molar-refractivity contribution in [1.82, 2.24) is 0 Å². The van der Waals surface area contributed by atoms with E-state index in [0.717, 1.165) is 0 Å². The van der Waals surface area contributed by atoms with Gasteiger partial charge in [0.05, 0.1) is 6.67 Å². The topological polar surface area (TPSA) is 0 Å². The van der Waals surface area contributed by atoms with Crippen molar-refractivity contribution in [3.63, 3.8) is 0 Å². The van der Waals surface area contributed by atoms with Crippen LogP contribution >= 0.6 is 0 Å². The highest BCUT2D eigenvalue weighted by Crippen LogP contribution is 2.01. The van der Waals surface area contributed by atoms with Crippen molar-refractivity contribution in [2.75, 3.05) is 6.67 Å².